The summed E-state index contributed by atoms with van der Waals surface area (Å²) >= 11 is 2.13. The fourth-order valence-corrected chi connectivity index (χ4v) is 2.17. The van der Waals surface area contributed by atoms with Crippen molar-refractivity contribution in [3.63, 3.8) is 0 Å². The van der Waals surface area contributed by atoms with E-state index in [4.69, 9.17) is 5.11 Å². The zero-order chi connectivity index (χ0) is 13.7. The van der Waals surface area contributed by atoms with Crippen LogP contribution in [0.2, 0.25) is 0 Å². The van der Waals surface area contributed by atoms with E-state index in [2.05, 4.69) is 22.6 Å². The predicted octanol–water partition coefficient (Wildman–Crippen LogP) is 2.47. The van der Waals surface area contributed by atoms with Crippen molar-refractivity contribution in [3.8, 4) is 0 Å². The van der Waals surface area contributed by atoms with Gasteiger partial charge in [0.1, 0.15) is 6.54 Å². The van der Waals surface area contributed by atoms with Crippen LogP contribution < -0.4 is 0 Å². The Morgan fingerprint density at radius 1 is 1.39 bits per heavy atom. The Kier molecular flexibility index (Phi) is 5.58. The number of carboxylic acid groups (broad SMARTS) is 1. The van der Waals surface area contributed by atoms with Crippen LogP contribution in [0.5, 0.6) is 0 Å². The second kappa shape index (κ2) is 6.72. The van der Waals surface area contributed by atoms with Gasteiger partial charge in [-0.3, -0.25) is 9.59 Å². The molecule has 1 rings (SSSR count). The van der Waals surface area contributed by atoms with E-state index < -0.39 is 5.97 Å². The van der Waals surface area contributed by atoms with Gasteiger partial charge in [0.05, 0.1) is 0 Å². The van der Waals surface area contributed by atoms with Crippen LogP contribution in [0, 0.1) is 9.49 Å². The van der Waals surface area contributed by atoms with Crippen molar-refractivity contribution < 1.29 is 14.7 Å². The van der Waals surface area contributed by atoms with E-state index in [0.717, 1.165) is 3.57 Å². The monoisotopic (exact) mass is 361 g/mol. The van der Waals surface area contributed by atoms with Crippen LogP contribution in [0.15, 0.2) is 24.3 Å². The van der Waals surface area contributed by atoms with Gasteiger partial charge in [0.25, 0.3) is 5.91 Å². The number of carbonyl (C=O) groups is 2. The van der Waals surface area contributed by atoms with E-state index in [9.17, 15) is 9.59 Å². The van der Waals surface area contributed by atoms with Gasteiger partial charge < -0.3 is 10.0 Å². The summed E-state index contributed by atoms with van der Waals surface area (Å²) in [6, 6.07) is 7.16. The van der Waals surface area contributed by atoms with Crippen molar-refractivity contribution in [1.29, 1.82) is 0 Å². The number of hydrogen-bond donors (Lipinski definition) is 1. The summed E-state index contributed by atoms with van der Waals surface area (Å²) in [6.07, 6.45) is 0. The van der Waals surface area contributed by atoms with Crippen LogP contribution >= 0.6 is 22.6 Å². The molecule has 5 heteroatoms. The Hall–Kier alpha value is -1.11. The summed E-state index contributed by atoms with van der Waals surface area (Å²) in [7, 11) is 0. The van der Waals surface area contributed by atoms with Gasteiger partial charge in [0, 0.05) is 15.7 Å². The smallest absolute Gasteiger partial charge is 0.323 e. The maximum Gasteiger partial charge on any atom is 0.323 e. The lowest BCUT2D eigenvalue weighted by Gasteiger charge is -2.22. The summed E-state index contributed by atoms with van der Waals surface area (Å²) < 4.78 is 0.957. The Labute approximate surface area is 120 Å². The molecule has 0 aliphatic heterocycles. The number of halogens is 1. The maximum absolute atomic E-state index is 12.2. The first-order valence-electron chi connectivity index (χ1n) is 5.66. The third-order valence-corrected chi connectivity index (χ3v) is 2.94. The van der Waals surface area contributed by atoms with Gasteiger partial charge >= 0.3 is 5.97 Å². The first-order valence-corrected chi connectivity index (χ1v) is 6.74. The summed E-state index contributed by atoms with van der Waals surface area (Å²) in [4.78, 5) is 24.4. The van der Waals surface area contributed by atoms with Crippen LogP contribution in [0.25, 0.3) is 0 Å². The lowest BCUT2D eigenvalue weighted by Crippen LogP contribution is -2.38. The number of nitrogens with zero attached hydrogens (tertiary/aromatic N) is 1. The Morgan fingerprint density at radius 3 is 2.56 bits per heavy atom. The van der Waals surface area contributed by atoms with Gasteiger partial charge in [-0.15, -0.1) is 0 Å². The summed E-state index contributed by atoms with van der Waals surface area (Å²) in [5.41, 5.74) is 0.531. The normalized spacial score (nSPS) is 10.4. The number of amides is 1. The SMILES string of the molecule is CC(C)CN(CC(=O)O)C(=O)c1cccc(I)c1. The van der Waals surface area contributed by atoms with E-state index in [1.54, 1.807) is 18.2 Å². The molecular weight excluding hydrogens is 345 g/mol. The van der Waals surface area contributed by atoms with E-state index >= 15 is 0 Å². The molecule has 0 atom stereocenters. The highest BCUT2D eigenvalue weighted by molar-refractivity contribution is 14.1. The van der Waals surface area contributed by atoms with E-state index in [1.165, 1.54) is 4.90 Å². The molecule has 1 aromatic carbocycles. The molecule has 1 N–H and O–H groups in total. The minimum absolute atomic E-state index is 0.232. The van der Waals surface area contributed by atoms with E-state index in [0.29, 0.717) is 12.1 Å². The van der Waals surface area contributed by atoms with Crippen LogP contribution in [-0.2, 0) is 4.79 Å². The first kappa shape index (κ1) is 14.9. The van der Waals surface area contributed by atoms with Gasteiger partial charge in [-0.2, -0.15) is 0 Å². The Bertz CT molecular complexity index is 446. The van der Waals surface area contributed by atoms with Crippen molar-refractivity contribution in [2.24, 2.45) is 5.92 Å². The van der Waals surface area contributed by atoms with Gasteiger partial charge in [-0.1, -0.05) is 19.9 Å². The average Bonchev–Trinajstić information content (AvgIpc) is 2.26. The number of benzene rings is 1. The largest absolute Gasteiger partial charge is 0.480 e. The van der Waals surface area contributed by atoms with Gasteiger partial charge in [0.2, 0.25) is 0 Å². The predicted molar refractivity (Wildman–Crippen MR) is 77.5 cm³/mol. The molecule has 0 spiro atoms. The van der Waals surface area contributed by atoms with Crippen LogP contribution in [-0.4, -0.2) is 35.0 Å². The molecule has 0 heterocycles. The highest BCUT2D eigenvalue weighted by Gasteiger charge is 2.19. The molecule has 1 aromatic rings. The molecule has 0 saturated carbocycles. The highest BCUT2D eigenvalue weighted by Crippen LogP contribution is 2.11. The molecule has 98 valence electrons. The van der Waals surface area contributed by atoms with E-state index in [1.807, 2.05) is 19.9 Å². The third kappa shape index (κ3) is 4.64. The number of hydrogen-bond acceptors (Lipinski definition) is 2. The van der Waals surface area contributed by atoms with Crippen LogP contribution in [0.1, 0.15) is 24.2 Å². The number of aliphatic carboxylic acids is 1. The molecule has 0 aliphatic rings. The molecule has 1 amide bonds. The van der Waals surface area contributed by atoms with Gasteiger partial charge in [-0.05, 0) is 46.7 Å². The molecule has 0 aliphatic carbocycles. The third-order valence-electron chi connectivity index (χ3n) is 2.27. The maximum atomic E-state index is 12.2. The average molecular weight is 361 g/mol. The van der Waals surface area contributed by atoms with Crippen molar-refractivity contribution in [1.82, 2.24) is 4.90 Å². The lowest BCUT2D eigenvalue weighted by atomic mass is 10.1. The molecule has 0 bridgehead atoms. The van der Waals surface area contributed by atoms with Crippen molar-refractivity contribution in [2.45, 2.75) is 13.8 Å². The fraction of sp³-hybridized carbons (Fsp3) is 0.385. The molecule has 0 unspecified atom stereocenters. The molecule has 4 nitrogen and oxygen atoms in total. The zero-order valence-corrected chi connectivity index (χ0v) is 12.5. The van der Waals surface area contributed by atoms with Crippen molar-refractivity contribution in [3.05, 3.63) is 33.4 Å². The van der Waals surface area contributed by atoms with Crippen LogP contribution in [0.4, 0.5) is 0 Å². The first-order chi connectivity index (χ1) is 8.40. The zero-order valence-electron chi connectivity index (χ0n) is 10.4. The van der Waals surface area contributed by atoms with E-state index in [-0.39, 0.29) is 18.4 Å². The Balaban J connectivity index is 2.90. The highest BCUT2D eigenvalue weighted by atomic mass is 127. The second-order valence-corrected chi connectivity index (χ2v) is 5.73. The molecule has 0 saturated heterocycles. The summed E-state index contributed by atoms with van der Waals surface area (Å²) in [6.45, 7) is 4.09. The van der Waals surface area contributed by atoms with Gasteiger partial charge in [0.15, 0.2) is 0 Å². The lowest BCUT2D eigenvalue weighted by molar-refractivity contribution is -0.137. The minimum Gasteiger partial charge on any atom is -0.480 e. The molecule has 0 radical (unpaired) electrons. The molecule has 0 aromatic heterocycles. The minimum atomic E-state index is -0.991. The molecule has 0 fully saturated rings. The fourth-order valence-electron chi connectivity index (χ4n) is 1.63. The number of rotatable bonds is 5. The quantitative estimate of drug-likeness (QED) is 0.820. The second-order valence-electron chi connectivity index (χ2n) is 4.48. The standard InChI is InChI=1S/C13H16INO3/c1-9(2)7-15(8-12(16)17)13(18)10-4-3-5-11(14)6-10/h3-6,9H,7-8H2,1-2H3,(H,16,17). The topological polar surface area (TPSA) is 57.6 Å². The van der Waals surface area contributed by atoms with Crippen molar-refractivity contribution in [2.75, 3.05) is 13.1 Å². The molecular formula is C13H16INO3. The number of carboxylic acids is 1. The molecule has 18 heavy (non-hydrogen) atoms. The Morgan fingerprint density at radius 2 is 2.06 bits per heavy atom. The summed E-state index contributed by atoms with van der Waals surface area (Å²) in [5.74, 6) is -0.990. The number of carbonyl (C=O) groups excluding carboxylic acids is 1. The summed E-state index contributed by atoms with van der Waals surface area (Å²) in [5, 5.41) is 8.85. The van der Waals surface area contributed by atoms with Crippen LogP contribution in [0.3, 0.4) is 0 Å². The van der Waals surface area contributed by atoms with Crippen molar-refractivity contribution >= 4 is 34.5 Å². The van der Waals surface area contributed by atoms with Gasteiger partial charge in [-0.25, -0.2) is 0 Å².